The fourth-order valence-electron chi connectivity index (χ4n) is 2.34. The molecular formula is C19H15Cl2N3O5. The van der Waals surface area contributed by atoms with Crippen molar-refractivity contribution in [1.82, 2.24) is 15.5 Å². The summed E-state index contributed by atoms with van der Waals surface area (Å²) in [7, 11) is 1.54. The van der Waals surface area contributed by atoms with Gasteiger partial charge in [0, 0.05) is 5.56 Å². The number of methoxy groups -OCH3 is 1. The lowest BCUT2D eigenvalue weighted by atomic mass is 10.2. The van der Waals surface area contributed by atoms with Gasteiger partial charge in [0.25, 0.3) is 11.8 Å². The van der Waals surface area contributed by atoms with Gasteiger partial charge in [0.05, 0.1) is 22.7 Å². The summed E-state index contributed by atoms with van der Waals surface area (Å²) in [6, 6.07) is 11.6. The maximum Gasteiger partial charge on any atom is 0.325 e. The van der Waals surface area contributed by atoms with Crippen molar-refractivity contribution >= 4 is 35.1 Å². The highest BCUT2D eigenvalue weighted by molar-refractivity contribution is 6.42. The van der Waals surface area contributed by atoms with E-state index < -0.39 is 11.9 Å². The lowest BCUT2D eigenvalue weighted by Gasteiger charge is -2.06. The lowest BCUT2D eigenvalue weighted by Crippen LogP contribution is -2.30. The molecule has 1 aromatic heterocycles. The Hall–Kier alpha value is -3.10. The number of esters is 1. The molecule has 1 N–H and O–H groups in total. The normalized spacial score (nSPS) is 10.4. The summed E-state index contributed by atoms with van der Waals surface area (Å²) in [5.74, 6) is -0.162. The van der Waals surface area contributed by atoms with Crippen LogP contribution in [0.25, 0.3) is 11.4 Å². The summed E-state index contributed by atoms with van der Waals surface area (Å²) in [5, 5.41) is 6.85. The van der Waals surface area contributed by atoms with Crippen LogP contribution in [0, 0.1) is 0 Å². The lowest BCUT2D eigenvalue weighted by molar-refractivity contribution is -0.144. The minimum Gasteiger partial charge on any atom is -0.496 e. The minimum atomic E-state index is -0.671. The van der Waals surface area contributed by atoms with Crippen molar-refractivity contribution in [1.29, 1.82) is 0 Å². The number of rotatable bonds is 7. The molecular weight excluding hydrogens is 421 g/mol. The summed E-state index contributed by atoms with van der Waals surface area (Å²) in [4.78, 5) is 28.1. The summed E-state index contributed by atoms with van der Waals surface area (Å²) < 4.78 is 15.4. The third-order valence-corrected chi connectivity index (χ3v) is 4.49. The zero-order valence-corrected chi connectivity index (χ0v) is 16.7. The van der Waals surface area contributed by atoms with Gasteiger partial charge in [-0.2, -0.15) is 4.98 Å². The van der Waals surface area contributed by atoms with Gasteiger partial charge < -0.3 is 19.3 Å². The van der Waals surface area contributed by atoms with E-state index in [1.54, 1.807) is 12.1 Å². The van der Waals surface area contributed by atoms with Crippen LogP contribution in [0.3, 0.4) is 0 Å². The number of halogens is 2. The molecule has 150 valence electrons. The number of hydrogen-bond acceptors (Lipinski definition) is 7. The molecule has 8 nitrogen and oxygen atoms in total. The van der Waals surface area contributed by atoms with Gasteiger partial charge in [-0.15, -0.1) is 0 Å². The van der Waals surface area contributed by atoms with Crippen LogP contribution < -0.4 is 10.1 Å². The second-order valence-corrected chi connectivity index (χ2v) is 6.50. The molecule has 1 heterocycles. The first-order valence-corrected chi connectivity index (χ1v) is 9.08. The first-order valence-electron chi connectivity index (χ1n) is 8.32. The molecule has 0 radical (unpaired) electrons. The van der Waals surface area contributed by atoms with Gasteiger partial charge in [-0.1, -0.05) is 40.5 Å². The number of ether oxygens (including phenoxy) is 2. The van der Waals surface area contributed by atoms with Crippen molar-refractivity contribution < 1.29 is 23.6 Å². The maximum absolute atomic E-state index is 12.0. The van der Waals surface area contributed by atoms with E-state index in [1.165, 1.54) is 25.3 Å². The Morgan fingerprint density at radius 3 is 2.69 bits per heavy atom. The van der Waals surface area contributed by atoms with E-state index in [2.05, 4.69) is 15.5 Å². The average molecular weight is 436 g/mol. The Balaban J connectivity index is 1.51. The second-order valence-electron chi connectivity index (χ2n) is 5.68. The van der Waals surface area contributed by atoms with Crippen LogP contribution in [-0.4, -0.2) is 35.7 Å². The molecule has 0 saturated carbocycles. The minimum absolute atomic E-state index is 0.107. The number of benzene rings is 2. The Morgan fingerprint density at radius 2 is 1.93 bits per heavy atom. The molecule has 0 spiro atoms. The molecule has 2 aromatic carbocycles. The standard InChI is InChI=1S/C19H15Cl2N3O5/c1-27-15-5-3-2-4-12(15)18-23-16(29-24-18)10-28-17(25)9-22-19(26)11-6-7-13(20)14(21)8-11/h2-8H,9-10H2,1H3,(H,22,26). The number of carbonyl (C=O) groups is 2. The van der Waals surface area contributed by atoms with E-state index in [9.17, 15) is 9.59 Å². The first-order chi connectivity index (χ1) is 14.0. The highest BCUT2D eigenvalue weighted by Crippen LogP contribution is 2.27. The molecule has 0 aliphatic carbocycles. The quantitative estimate of drug-likeness (QED) is 0.565. The summed E-state index contributed by atoms with van der Waals surface area (Å²) in [6.45, 7) is -0.573. The van der Waals surface area contributed by atoms with E-state index >= 15 is 0 Å². The smallest absolute Gasteiger partial charge is 0.325 e. The molecule has 0 atom stereocenters. The molecule has 0 fully saturated rings. The van der Waals surface area contributed by atoms with Crippen LogP contribution in [0.2, 0.25) is 10.0 Å². The van der Waals surface area contributed by atoms with Crippen LogP contribution in [-0.2, 0) is 16.1 Å². The molecule has 0 aliphatic heterocycles. The van der Waals surface area contributed by atoms with Gasteiger partial charge in [0.2, 0.25) is 5.82 Å². The SMILES string of the molecule is COc1ccccc1-c1noc(COC(=O)CNC(=O)c2ccc(Cl)c(Cl)c2)n1. The number of nitrogens with zero attached hydrogens (tertiary/aromatic N) is 2. The molecule has 3 aromatic rings. The number of carbonyl (C=O) groups excluding carboxylic acids is 2. The summed E-state index contributed by atoms with van der Waals surface area (Å²) in [5.41, 5.74) is 0.913. The Bertz CT molecular complexity index is 1040. The molecule has 0 bridgehead atoms. The van der Waals surface area contributed by atoms with E-state index in [0.717, 1.165) is 0 Å². The molecule has 10 heteroatoms. The fourth-order valence-corrected chi connectivity index (χ4v) is 2.64. The highest BCUT2D eigenvalue weighted by atomic mass is 35.5. The largest absolute Gasteiger partial charge is 0.496 e. The molecule has 0 saturated heterocycles. The molecule has 0 unspecified atom stereocenters. The van der Waals surface area contributed by atoms with Gasteiger partial charge in [-0.25, -0.2) is 0 Å². The van der Waals surface area contributed by atoms with E-state index in [4.69, 9.17) is 37.2 Å². The van der Waals surface area contributed by atoms with Gasteiger partial charge in [-0.05, 0) is 30.3 Å². The number of hydrogen-bond donors (Lipinski definition) is 1. The van der Waals surface area contributed by atoms with Gasteiger partial charge >= 0.3 is 5.97 Å². The van der Waals surface area contributed by atoms with Crippen molar-refractivity contribution in [3.05, 3.63) is 64.0 Å². The van der Waals surface area contributed by atoms with Crippen LogP contribution in [0.5, 0.6) is 5.75 Å². The number of para-hydroxylation sites is 1. The predicted octanol–water partition coefficient (Wildman–Crippen LogP) is 3.53. The third-order valence-electron chi connectivity index (χ3n) is 3.75. The molecule has 0 aliphatic rings. The van der Waals surface area contributed by atoms with Gasteiger partial charge in [0.15, 0.2) is 6.61 Å². The van der Waals surface area contributed by atoms with Crippen LogP contribution in [0.15, 0.2) is 47.0 Å². The predicted molar refractivity (Wildman–Crippen MR) is 105 cm³/mol. The van der Waals surface area contributed by atoms with Crippen molar-refractivity contribution in [2.24, 2.45) is 0 Å². The first kappa shape index (κ1) is 20.6. The number of amides is 1. The Labute approximate surface area is 175 Å². The molecule has 29 heavy (non-hydrogen) atoms. The monoisotopic (exact) mass is 435 g/mol. The maximum atomic E-state index is 12.0. The molecule has 3 rings (SSSR count). The fraction of sp³-hybridized carbons (Fsp3) is 0.158. The van der Waals surface area contributed by atoms with Gasteiger partial charge in [0.1, 0.15) is 12.3 Å². The van der Waals surface area contributed by atoms with Crippen LogP contribution >= 0.6 is 23.2 Å². The molecule has 1 amide bonds. The topological polar surface area (TPSA) is 104 Å². The summed E-state index contributed by atoms with van der Waals surface area (Å²) >= 11 is 11.7. The zero-order valence-electron chi connectivity index (χ0n) is 15.1. The van der Waals surface area contributed by atoms with Gasteiger partial charge in [-0.3, -0.25) is 9.59 Å². The number of aromatic nitrogens is 2. The van der Waals surface area contributed by atoms with Crippen LogP contribution in [0.4, 0.5) is 0 Å². The number of nitrogens with one attached hydrogen (secondary N) is 1. The second kappa shape index (κ2) is 9.40. The third kappa shape index (κ3) is 5.24. The summed E-state index contributed by atoms with van der Waals surface area (Å²) in [6.07, 6.45) is 0. The Morgan fingerprint density at radius 1 is 1.14 bits per heavy atom. The van der Waals surface area contributed by atoms with Crippen molar-refractivity contribution in [3.8, 4) is 17.1 Å². The Kier molecular flexibility index (Phi) is 6.69. The van der Waals surface area contributed by atoms with Crippen molar-refractivity contribution in [2.45, 2.75) is 6.61 Å². The highest BCUT2D eigenvalue weighted by Gasteiger charge is 2.15. The van der Waals surface area contributed by atoms with E-state index in [-0.39, 0.29) is 29.6 Å². The van der Waals surface area contributed by atoms with Crippen molar-refractivity contribution in [2.75, 3.05) is 13.7 Å². The average Bonchev–Trinajstić information content (AvgIpc) is 3.21. The zero-order chi connectivity index (χ0) is 20.8. The van der Waals surface area contributed by atoms with Crippen LogP contribution in [0.1, 0.15) is 16.2 Å². The van der Waals surface area contributed by atoms with Crippen molar-refractivity contribution in [3.63, 3.8) is 0 Å². The van der Waals surface area contributed by atoms with E-state index in [0.29, 0.717) is 22.2 Å². The van der Waals surface area contributed by atoms with E-state index in [1.807, 2.05) is 12.1 Å².